The molecule has 0 saturated carbocycles. The van der Waals surface area contributed by atoms with Gasteiger partial charge in [0.1, 0.15) is 6.10 Å². The Hall–Kier alpha value is -1.65. The van der Waals surface area contributed by atoms with Crippen molar-refractivity contribution < 1.29 is 19.4 Å². The molecule has 0 bridgehead atoms. The molecule has 1 unspecified atom stereocenters. The average Bonchev–Trinajstić information content (AvgIpc) is 2.66. The fraction of sp³-hybridized carbons (Fsp3) is 0.609. The summed E-state index contributed by atoms with van der Waals surface area (Å²) >= 11 is 0. The highest BCUT2D eigenvalue weighted by atomic mass is 16.6. The van der Waals surface area contributed by atoms with Gasteiger partial charge < -0.3 is 14.6 Å². The van der Waals surface area contributed by atoms with E-state index in [1.165, 1.54) is 0 Å². The monoisotopic (exact) mass is 378 g/mol. The summed E-state index contributed by atoms with van der Waals surface area (Å²) in [5, 5.41) is 9.19. The fourth-order valence-corrected chi connectivity index (χ4v) is 2.19. The molecule has 0 radical (unpaired) electrons. The van der Waals surface area contributed by atoms with Gasteiger partial charge in [0.05, 0.1) is 13.2 Å². The molecule has 1 atom stereocenters. The van der Waals surface area contributed by atoms with Crippen LogP contribution < -0.4 is 0 Å². The molecular weight excluding hydrogens is 340 g/mol. The standard InChI is InChI=1S/C23H38O4/c1-3-5-6-7-8-9-10-11-12-13-14-15-16-17-19-26-21-22(20-24)27-23(25)18-4-2/h5-6,8-9,11-12,14-15,22,24H,3-4,7,10,13,16-21H2,1-2H3/b6-5-,9-8-,12-11-,15-14-. The molecule has 0 heterocycles. The number of hydrogen-bond acceptors (Lipinski definition) is 4. The Kier molecular flexibility index (Phi) is 19.4. The van der Waals surface area contributed by atoms with Gasteiger partial charge in [0.2, 0.25) is 0 Å². The summed E-state index contributed by atoms with van der Waals surface area (Å²) in [6.45, 7) is 4.70. The Morgan fingerprint density at radius 3 is 2.07 bits per heavy atom. The summed E-state index contributed by atoms with van der Waals surface area (Å²) in [5.74, 6) is -0.278. The lowest BCUT2D eigenvalue weighted by Crippen LogP contribution is -2.27. The van der Waals surface area contributed by atoms with Crippen molar-refractivity contribution in [1.29, 1.82) is 0 Å². The molecule has 1 N–H and O–H groups in total. The third-order valence-electron chi connectivity index (χ3n) is 3.64. The first-order valence-electron chi connectivity index (χ1n) is 10.2. The molecule has 0 spiro atoms. The minimum atomic E-state index is -0.554. The van der Waals surface area contributed by atoms with Crippen LogP contribution in [0.25, 0.3) is 0 Å². The Bertz CT molecular complexity index is 449. The number of carbonyl (C=O) groups is 1. The summed E-state index contributed by atoms with van der Waals surface area (Å²) in [4.78, 5) is 11.4. The Morgan fingerprint density at radius 2 is 1.52 bits per heavy atom. The molecule has 0 aromatic heterocycles. The minimum absolute atomic E-state index is 0.202. The van der Waals surface area contributed by atoms with Crippen molar-refractivity contribution in [2.45, 2.75) is 71.3 Å². The van der Waals surface area contributed by atoms with Crippen LogP contribution in [-0.4, -0.2) is 37.0 Å². The predicted octanol–water partition coefficient (Wildman–Crippen LogP) is 5.29. The second-order valence-electron chi connectivity index (χ2n) is 6.26. The number of carbonyl (C=O) groups excluding carboxylic acids is 1. The maximum Gasteiger partial charge on any atom is 0.306 e. The molecule has 0 aromatic rings. The number of unbranched alkanes of at least 4 members (excludes halogenated alkanes) is 1. The van der Waals surface area contributed by atoms with Crippen molar-refractivity contribution in [2.24, 2.45) is 0 Å². The van der Waals surface area contributed by atoms with E-state index in [4.69, 9.17) is 9.47 Å². The molecule has 4 heteroatoms. The molecule has 0 fully saturated rings. The van der Waals surface area contributed by atoms with Gasteiger partial charge in [-0.3, -0.25) is 4.79 Å². The summed E-state index contributed by atoms with van der Waals surface area (Å²) in [6, 6.07) is 0. The number of rotatable bonds is 17. The fourth-order valence-electron chi connectivity index (χ4n) is 2.19. The van der Waals surface area contributed by atoms with Crippen LogP contribution in [0.3, 0.4) is 0 Å². The molecule has 0 rings (SSSR count). The Morgan fingerprint density at radius 1 is 0.926 bits per heavy atom. The normalized spacial score (nSPS) is 13.4. The number of hydrogen-bond donors (Lipinski definition) is 1. The lowest BCUT2D eigenvalue weighted by molar-refractivity contribution is -0.154. The zero-order valence-corrected chi connectivity index (χ0v) is 17.1. The highest BCUT2D eigenvalue weighted by Crippen LogP contribution is 2.01. The van der Waals surface area contributed by atoms with Gasteiger partial charge >= 0.3 is 5.97 Å². The molecule has 4 nitrogen and oxygen atoms in total. The summed E-state index contributed by atoms with van der Waals surface area (Å²) in [7, 11) is 0. The molecule has 0 aromatic carbocycles. The van der Waals surface area contributed by atoms with Gasteiger partial charge in [-0.2, -0.15) is 0 Å². The van der Waals surface area contributed by atoms with Gasteiger partial charge in [0.15, 0.2) is 0 Å². The highest BCUT2D eigenvalue weighted by molar-refractivity contribution is 5.69. The lowest BCUT2D eigenvalue weighted by Gasteiger charge is -2.15. The number of esters is 1. The van der Waals surface area contributed by atoms with Crippen molar-refractivity contribution in [3.8, 4) is 0 Å². The first-order chi connectivity index (χ1) is 13.2. The van der Waals surface area contributed by atoms with Crippen LogP contribution in [0.4, 0.5) is 0 Å². The van der Waals surface area contributed by atoms with Gasteiger partial charge in [-0.25, -0.2) is 0 Å². The highest BCUT2D eigenvalue weighted by Gasteiger charge is 2.12. The van der Waals surface area contributed by atoms with Gasteiger partial charge in [-0.05, 0) is 44.9 Å². The van der Waals surface area contributed by atoms with Crippen molar-refractivity contribution in [3.63, 3.8) is 0 Å². The quantitative estimate of drug-likeness (QED) is 0.212. The van der Waals surface area contributed by atoms with Crippen molar-refractivity contribution in [2.75, 3.05) is 19.8 Å². The molecular formula is C23H38O4. The van der Waals surface area contributed by atoms with E-state index >= 15 is 0 Å². The van der Waals surface area contributed by atoms with Crippen LogP contribution in [0.2, 0.25) is 0 Å². The number of ether oxygens (including phenoxy) is 2. The maximum absolute atomic E-state index is 11.4. The van der Waals surface area contributed by atoms with Crippen LogP contribution in [0.5, 0.6) is 0 Å². The molecule has 0 aliphatic carbocycles. The molecule has 0 saturated heterocycles. The zero-order chi connectivity index (χ0) is 20.0. The van der Waals surface area contributed by atoms with E-state index in [1.807, 2.05) is 6.92 Å². The molecule has 27 heavy (non-hydrogen) atoms. The lowest BCUT2D eigenvalue weighted by atomic mass is 10.2. The van der Waals surface area contributed by atoms with Crippen molar-refractivity contribution in [3.05, 3.63) is 48.6 Å². The van der Waals surface area contributed by atoms with Gasteiger partial charge in [0.25, 0.3) is 0 Å². The van der Waals surface area contributed by atoms with Gasteiger partial charge in [-0.15, -0.1) is 0 Å². The Balaban J connectivity index is 3.57. The van der Waals surface area contributed by atoms with Crippen molar-refractivity contribution in [1.82, 2.24) is 0 Å². The number of aliphatic hydroxyl groups is 1. The second-order valence-corrected chi connectivity index (χ2v) is 6.26. The van der Waals surface area contributed by atoms with Crippen LogP contribution >= 0.6 is 0 Å². The van der Waals surface area contributed by atoms with E-state index in [0.717, 1.165) is 44.9 Å². The number of aliphatic hydroxyl groups excluding tert-OH is 1. The zero-order valence-electron chi connectivity index (χ0n) is 17.1. The molecule has 0 amide bonds. The summed E-state index contributed by atoms with van der Waals surface area (Å²) in [5.41, 5.74) is 0. The smallest absolute Gasteiger partial charge is 0.306 e. The van der Waals surface area contributed by atoms with Crippen LogP contribution in [0.1, 0.15) is 65.2 Å². The number of allylic oxidation sites excluding steroid dienone is 8. The first-order valence-corrected chi connectivity index (χ1v) is 10.2. The third kappa shape index (κ3) is 18.9. The topological polar surface area (TPSA) is 55.8 Å². The van der Waals surface area contributed by atoms with E-state index in [-0.39, 0.29) is 19.2 Å². The van der Waals surface area contributed by atoms with Crippen LogP contribution in [0.15, 0.2) is 48.6 Å². The van der Waals surface area contributed by atoms with Gasteiger partial charge in [-0.1, -0.05) is 62.5 Å². The first kappa shape index (κ1) is 25.4. The predicted molar refractivity (Wildman–Crippen MR) is 113 cm³/mol. The Labute approximate surface area is 165 Å². The van der Waals surface area contributed by atoms with Crippen LogP contribution in [0, 0.1) is 0 Å². The van der Waals surface area contributed by atoms with Gasteiger partial charge in [0, 0.05) is 13.0 Å². The van der Waals surface area contributed by atoms with E-state index in [0.29, 0.717) is 13.0 Å². The van der Waals surface area contributed by atoms with Crippen molar-refractivity contribution >= 4 is 5.97 Å². The molecule has 0 aliphatic heterocycles. The second kappa shape index (κ2) is 20.7. The van der Waals surface area contributed by atoms with E-state index in [9.17, 15) is 9.90 Å². The largest absolute Gasteiger partial charge is 0.457 e. The van der Waals surface area contributed by atoms with E-state index in [1.54, 1.807) is 0 Å². The van der Waals surface area contributed by atoms with E-state index < -0.39 is 6.10 Å². The maximum atomic E-state index is 11.4. The van der Waals surface area contributed by atoms with Crippen LogP contribution in [-0.2, 0) is 14.3 Å². The summed E-state index contributed by atoms with van der Waals surface area (Å²) < 4.78 is 10.6. The third-order valence-corrected chi connectivity index (χ3v) is 3.64. The molecule has 154 valence electrons. The molecule has 0 aliphatic rings. The SMILES string of the molecule is CC/C=C\C/C=C\C/C=C\C/C=C\CCCOCC(CO)OC(=O)CCC. The minimum Gasteiger partial charge on any atom is -0.457 e. The van der Waals surface area contributed by atoms with E-state index in [2.05, 4.69) is 55.5 Å². The average molecular weight is 379 g/mol. The summed E-state index contributed by atoms with van der Waals surface area (Å²) in [6.07, 6.45) is 23.9.